The van der Waals surface area contributed by atoms with Gasteiger partial charge in [0, 0.05) is 5.69 Å². The van der Waals surface area contributed by atoms with Crippen molar-refractivity contribution in [1.82, 2.24) is 0 Å². The van der Waals surface area contributed by atoms with Crippen LogP contribution in [0.2, 0.25) is 0 Å². The third-order valence-corrected chi connectivity index (χ3v) is 2.24. The van der Waals surface area contributed by atoms with Gasteiger partial charge in [-0.15, -0.1) is 0 Å². The Bertz CT molecular complexity index is 386. The molecule has 0 unspecified atom stereocenters. The summed E-state index contributed by atoms with van der Waals surface area (Å²) in [5.74, 6) is -0.468. The molecule has 0 atom stereocenters. The first-order valence-corrected chi connectivity index (χ1v) is 4.53. The van der Waals surface area contributed by atoms with Crippen molar-refractivity contribution in [3.63, 3.8) is 0 Å². The maximum Gasteiger partial charge on any atom is 0.352 e. The molecule has 0 bridgehead atoms. The number of carbonyl (C=O) groups excluding carboxylic acids is 1. The van der Waals surface area contributed by atoms with E-state index in [4.69, 9.17) is 16.3 Å². The molecular formula is C10H8ClNO2. The average Bonchev–Trinajstić information content (AvgIpc) is 2.52. The number of anilines is 1. The van der Waals surface area contributed by atoms with Crippen LogP contribution in [0.15, 0.2) is 41.1 Å². The van der Waals surface area contributed by atoms with Gasteiger partial charge >= 0.3 is 5.97 Å². The summed E-state index contributed by atoms with van der Waals surface area (Å²) in [4.78, 5) is 10.9. The van der Waals surface area contributed by atoms with Crippen LogP contribution in [0.4, 0.5) is 5.69 Å². The minimum atomic E-state index is -0.468. The summed E-state index contributed by atoms with van der Waals surface area (Å²) in [5, 5.41) is 3.16. The Morgan fingerprint density at radius 1 is 1.29 bits per heavy atom. The Labute approximate surface area is 86.3 Å². The molecule has 0 saturated carbocycles. The zero-order chi connectivity index (χ0) is 9.97. The summed E-state index contributed by atoms with van der Waals surface area (Å²) in [6.07, 6.45) is 0. The quantitative estimate of drug-likeness (QED) is 0.759. The van der Waals surface area contributed by atoms with Crippen molar-refractivity contribution >= 4 is 23.3 Å². The van der Waals surface area contributed by atoms with Gasteiger partial charge in [0.05, 0.1) is 5.70 Å². The number of rotatable bonds is 2. The highest BCUT2D eigenvalue weighted by Crippen LogP contribution is 2.21. The van der Waals surface area contributed by atoms with Crippen LogP contribution < -0.4 is 5.32 Å². The number of cyclic esters (lactones) is 1. The Kier molecular flexibility index (Phi) is 2.41. The molecule has 1 aliphatic rings. The van der Waals surface area contributed by atoms with Crippen LogP contribution in [0.3, 0.4) is 0 Å². The number of nitrogens with one attached hydrogen (secondary N) is 1. The smallest absolute Gasteiger partial charge is 0.352 e. The van der Waals surface area contributed by atoms with E-state index in [0.29, 0.717) is 5.70 Å². The Hall–Kier alpha value is -1.48. The molecule has 0 aromatic heterocycles. The SMILES string of the molecule is O=C1OCC(Nc2ccccc2)=C1Cl. The highest BCUT2D eigenvalue weighted by atomic mass is 35.5. The molecule has 0 amide bonds. The van der Waals surface area contributed by atoms with Crippen molar-refractivity contribution in [2.45, 2.75) is 0 Å². The molecule has 1 aromatic carbocycles. The van der Waals surface area contributed by atoms with Crippen LogP contribution >= 0.6 is 11.6 Å². The van der Waals surface area contributed by atoms with Crippen LogP contribution in [0.1, 0.15) is 0 Å². The van der Waals surface area contributed by atoms with E-state index in [1.165, 1.54) is 0 Å². The molecule has 72 valence electrons. The molecule has 4 heteroatoms. The second kappa shape index (κ2) is 3.72. The van der Waals surface area contributed by atoms with Crippen LogP contribution in [0.25, 0.3) is 0 Å². The first-order valence-electron chi connectivity index (χ1n) is 4.15. The van der Waals surface area contributed by atoms with Gasteiger partial charge in [-0.1, -0.05) is 29.8 Å². The van der Waals surface area contributed by atoms with Gasteiger partial charge in [0.2, 0.25) is 0 Å². The van der Waals surface area contributed by atoms with E-state index in [9.17, 15) is 4.79 Å². The summed E-state index contributed by atoms with van der Waals surface area (Å²) in [7, 11) is 0. The first kappa shape index (κ1) is 9.09. The van der Waals surface area contributed by atoms with Gasteiger partial charge in [-0.25, -0.2) is 4.79 Å². The van der Waals surface area contributed by atoms with Crippen molar-refractivity contribution in [2.75, 3.05) is 11.9 Å². The van der Waals surface area contributed by atoms with E-state index in [1.54, 1.807) is 0 Å². The normalized spacial score (nSPS) is 15.6. The van der Waals surface area contributed by atoms with Crippen molar-refractivity contribution in [3.8, 4) is 0 Å². The highest BCUT2D eigenvalue weighted by Gasteiger charge is 2.22. The van der Waals surface area contributed by atoms with Crippen molar-refractivity contribution in [3.05, 3.63) is 41.1 Å². The number of benzene rings is 1. The number of esters is 1. The third-order valence-electron chi connectivity index (χ3n) is 1.86. The van der Waals surface area contributed by atoms with E-state index < -0.39 is 5.97 Å². The topological polar surface area (TPSA) is 38.3 Å². The number of halogens is 1. The fourth-order valence-corrected chi connectivity index (χ4v) is 1.33. The molecule has 3 nitrogen and oxygen atoms in total. The molecule has 0 spiro atoms. The van der Waals surface area contributed by atoms with Gasteiger partial charge in [0.25, 0.3) is 0 Å². The molecule has 14 heavy (non-hydrogen) atoms. The van der Waals surface area contributed by atoms with E-state index in [0.717, 1.165) is 5.69 Å². The molecule has 0 radical (unpaired) electrons. The lowest BCUT2D eigenvalue weighted by Gasteiger charge is -2.04. The Morgan fingerprint density at radius 3 is 2.57 bits per heavy atom. The van der Waals surface area contributed by atoms with Crippen LogP contribution in [0.5, 0.6) is 0 Å². The van der Waals surface area contributed by atoms with Gasteiger partial charge in [-0.2, -0.15) is 0 Å². The van der Waals surface area contributed by atoms with Crippen LogP contribution in [0, 0.1) is 0 Å². The third kappa shape index (κ3) is 1.72. The minimum absolute atomic E-state index is 0.133. The van der Waals surface area contributed by atoms with E-state index >= 15 is 0 Å². The largest absolute Gasteiger partial charge is 0.455 e. The molecule has 0 saturated heterocycles. The van der Waals surface area contributed by atoms with Crippen LogP contribution in [-0.2, 0) is 9.53 Å². The van der Waals surface area contributed by atoms with Gasteiger partial charge in [-0.05, 0) is 12.1 Å². The van der Waals surface area contributed by atoms with Crippen molar-refractivity contribution in [2.24, 2.45) is 0 Å². The fourth-order valence-electron chi connectivity index (χ4n) is 1.17. The van der Waals surface area contributed by atoms with Gasteiger partial charge in [-0.3, -0.25) is 0 Å². The summed E-state index contributed by atoms with van der Waals surface area (Å²) in [5.41, 5.74) is 1.50. The molecule has 1 N–H and O–H groups in total. The van der Waals surface area contributed by atoms with E-state index in [1.807, 2.05) is 30.3 Å². The lowest BCUT2D eigenvalue weighted by Crippen LogP contribution is -2.01. The second-order valence-electron chi connectivity index (χ2n) is 2.86. The zero-order valence-electron chi connectivity index (χ0n) is 7.29. The standard InChI is InChI=1S/C10H8ClNO2/c11-9-8(6-14-10(9)13)12-7-4-2-1-3-5-7/h1-5,12H,6H2. The highest BCUT2D eigenvalue weighted by molar-refractivity contribution is 6.42. The minimum Gasteiger partial charge on any atom is -0.455 e. The molecule has 1 aliphatic heterocycles. The molecule has 1 heterocycles. The van der Waals surface area contributed by atoms with E-state index in [-0.39, 0.29) is 11.6 Å². The lowest BCUT2D eigenvalue weighted by molar-refractivity contribution is -0.135. The van der Waals surface area contributed by atoms with Gasteiger partial charge in [0.15, 0.2) is 0 Å². The Morgan fingerprint density at radius 2 is 2.00 bits per heavy atom. The number of carbonyl (C=O) groups is 1. The maximum absolute atomic E-state index is 10.9. The summed E-state index contributed by atoms with van der Waals surface area (Å²) >= 11 is 5.72. The van der Waals surface area contributed by atoms with Crippen molar-refractivity contribution in [1.29, 1.82) is 0 Å². The molecule has 0 aliphatic carbocycles. The average molecular weight is 210 g/mol. The number of hydrogen-bond acceptors (Lipinski definition) is 3. The maximum atomic E-state index is 10.9. The van der Waals surface area contributed by atoms with Gasteiger partial charge < -0.3 is 10.1 Å². The number of ether oxygens (including phenoxy) is 1. The fraction of sp³-hybridized carbons (Fsp3) is 0.100. The molecule has 0 fully saturated rings. The number of para-hydroxylation sites is 1. The lowest BCUT2D eigenvalue weighted by atomic mass is 10.3. The summed E-state index contributed by atoms with van der Waals surface area (Å²) in [6.45, 7) is 0.215. The second-order valence-corrected chi connectivity index (χ2v) is 3.24. The van der Waals surface area contributed by atoms with Gasteiger partial charge in [0.1, 0.15) is 11.6 Å². The zero-order valence-corrected chi connectivity index (χ0v) is 8.04. The van der Waals surface area contributed by atoms with Crippen LogP contribution in [-0.4, -0.2) is 12.6 Å². The predicted molar refractivity (Wildman–Crippen MR) is 53.9 cm³/mol. The van der Waals surface area contributed by atoms with Crippen molar-refractivity contribution < 1.29 is 9.53 Å². The van der Waals surface area contributed by atoms with E-state index in [2.05, 4.69) is 5.32 Å². The summed E-state index contributed by atoms with van der Waals surface area (Å²) in [6, 6.07) is 9.49. The molecular weight excluding hydrogens is 202 g/mol. The monoisotopic (exact) mass is 209 g/mol. The first-order chi connectivity index (χ1) is 6.77. The molecule has 1 aromatic rings. The Balaban J connectivity index is 2.17. The number of hydrogen-bond donors (Lipinski definition) is 1. The molecule has 2 rings (SSSR count). The summed E-state index contributed by atoms with van der Waals surface area (Å²) < 4.78 is 4.74. The predicted octanol–water partition coefficient (Wildman–Crippen LogP) is 2.11.